The summed E-state index contributed by atoms with van der Waals surface area (Å²) < 4.78 is 13.3. The molecule has 1 aliphatic rings. The number of nitrogens with zero attached hydrogens (tertiary/aromatic N) is 1. The summed E-state index contributed by atoms with van der Waals surface area (Å²) >= 11 is 1.12. The van der Waals surface area contributed by atoms with Crippen LogP contribution in [0.25, 0.3) is 10.8 Å². The van der Waals surface area contributed by atoms with Crippen molar-refractivity contribution in [2.45, 2.75) is 6.42 Å². The Labute approximate surface area is 109 Å². The number of benzene rings is 2. The van der Waals surface area contributed by atoms with E-state index in [-0.39, 0.29) is 0 Å². The third kappa shape index (κ3) is 2.09. The minimum atomic E-state index is 0.668. The summed E-state index contributed by atoms with van der Waals surface area (Å²) in [5, 5.41) is 6.27. The largest absolute Gasteiger partial charge is 0.496 e. The Balaban J connectivity index is 2.03. The lowest BCUT2D eigenvalue weighted by Crippen LogP contribution is -2.14. The van der Waals surface area contributed by atoms with Gasteiger partial charge in [-0.1, -0.05) is 29.4 Å². The van der Waals surface area contributed by atoms with Crippen molar-refractivity contribution < 1.29 is 9.02 Å². The van der Waals surface area contributed by atoms with E-state index in [1.165, 1.54) is 10.8 Å². The molecule has 0 unspecified atom stereocenters. The van der Waals surface area contributed by atoms with Crippen molar-refractivity contribution >= 4 is 28.8 Å². The van der Waals surface area contributed by atoms with E-state index < -0.39 is 0 Å². The first kappa shape index (κ1) is 11.2. The summed E-state index contributed by atoms with van der Waals surface area (Å²) in [5.74, 6) is 1.67. The standard InChI is InChI=1S/C13H12N2O2S/c1-16-12-7-10-5-3-2-4-9(10)6-11(12)8-13-14-17-18-15-13/h2-7H,8H2,1H3,(H,14,15). The molecule has 1 N–H and O–H groups in total. The number of rotatable bonds is 3. The van der Waals surface area contributed by atoms with Crippen molar-refractivity contribution in [3.8, 4) is 5.75 Å². The number of hydrogen-bond donors (Lipinski definition) is 1. The molecule has 18 heavy (non-hydrogen) atoms. The van der Waals surface area contributed by atoms with Crippen LogP contribution >= 0.6 is 12.2 Å². The third-order valence-electron chi connectivity index (χ3n) is 2.85. The lowest BCUT2D eigenvalue weighted by Gasteiger charge is -2.09. The molecule has 92 valence electrons. The van der Waals surface area contributed by atoms with Crippen molar-refractivity contribution in [1.29, 1.82) is 0 Å². The van der Waals surface area contributed by atoms with E-state index in [2.05, 4.69) is 28.1 Å². The van der Waals surface area contributed by atoms with Gasteiger partial charge in [0, 0.05) is 12.0 Å². The smallest absolute Gasteiger partial charge is 0.208 e. The molecule has 0 saturated carbocycles. The van der Waals surface area contributed by atoms with Crippen LogP contribution in [0.15, 0.2) is 41.6 Å². The van der Waals surface area contributed by atoms with E-state index in [9.17, 15) is 0 Å². The Morgan fingerprint density at radius 2 is 2.06 bits per heavy atom. The van der Waals surface area contributed by atoms with Gasteiger partial charge in [0.15, 0.2) is 5.84 Å². The van der Waals surface area contributed by atoms with Gasteiger partial charge in [0.05, 0.1) is 7.11 Å². The molecule has 2 aromatic carbocycles. The monoisotopic (exact) mass is 260 g/mol. The number of amidine groups is 1. The quantitative estimate of drug-likeness (QED) is 0.680. The predicted octanol–water partition coefficient (Wildman–Crippen LogP) is 2.89. The second kappa shape index (κ2) is 4.78. The van der Waals surface area contributed by atoms with Gasteiger partial charge >= 0.3 is 0 Å². The van der Waals surface area contributed by atoms with Crippen molar-refractivity contribution in [2.75, 3.05) is 7.11 Å². The molecule has 2 aromatic rings. The minimum absolute atomic E-state index is 0.668. The van der Waals surface area contributed by atoms with Gasteiger partial charge in [0.2, 0.25) is 12.2 Å². The second-order valence-corrected chi connectivity index (χ2v) is 4.51. The van der Waals surface area contributed by atoms with Crippen LogP contribution in [0.5, 0.6) is 5.75 Å². The number of oxime groups is 1. The maximum atomic E-state index is 5.43. The van der Waals surface area contributed by atoms with Gasteiger partial charge in [0.1, 0.15) is 5.75 Å². The first-order valence-corrected chi connectivity index (χ1v) is 6.32. The molecule has 3 rings (SSSR count). The van der Waals surface area contributed by atoms with E-state index in [0.717, 1.165) is 29.4 Å². The average molecular weight is 260 g/mol. The van der Waals surface area contributed by atoms with E-state index in [1.807, 2.05) is 18.2 Å². The fraction of sp³-hybridized carbons (Fsp3) is 0.154. The summed E-state index contributed by atoms with van der Waals surface area (Å²) in [6.45, 7) is 0. The molecule has 0 aromatic heterocycles. The average Bonchev–Trinajstić information content (AvgIpc) is 2.91. The molecule has 5 heteroatoms. The number of ether oxygens (including phenoxy) is 1. The number of methoxy groups -OCH3 is 1. The zero-order valence-corrected chi connectivity index (χ0v) is 10.7. The fourth-order valence-electron chi connectivity index (χ4n) is 1.99. The zero-order valence-electron chi connectivity index (χ0n) is 9.84. The molecular weight excluding hydrogens is 248 g/mol. The van der Waals surface area contributed by atoms with Crippen LogP contribution in [0.1, 0.15) is 5.56 Å². The predicted molar refractivity (Wildman–Crippen MR) is 73.5 cm³/mol. The van der Waals surface area contributed by atoms with E-state index in [1.54, 1.807) is 7.11 Å². The van der Waals surface area contributed by atoms with Gasteiger partial charge in [-0.2, -0.15) is 0 Å². The minimum Gasteiger partial charge on any atom is -0.496 e. The normalized spacial score (nSPS) is 13.9. The molecule has 0 amide bonds. The summed E-state index contributed by atoms with van der Waals surface area (Å²) in [4.78, 5) is 0. The highest BCUT2D eigenvalue weighted by molar-refractivity contribution is 7.93. The van der Waals surface area contributed by atoms with Gasteiger partial charge in [-0.15, -0.1) is 0 Å². The molecule has 4 nitrogen and oxygen atoms in total. The van der Waals surface area contributed by atoms with Crippen LogP contribution in [0.4, 0.5) is 0 Å². The Kier molecular flexibility index (Phi) is 2.98. The SMILES string of the molecule is COc1cc2ccccc2cc1CC1=NOSN1. The van der Waals surface area contributed by atoms with Gasteiger partial charge in [-0.3, -0.25) is 9.01 Å². The van der Waals surface area contributed by atoms with Crippen LogP contribution in [-0.2, 0) is 10.7 Å². The lowest BCUT2D eigenvalue weighted by molar-refractivity contribution is 0.409. The van der Waals surface area contributed by atoms with Gasteiger partial charge in [-0.05, 0) is 22.9 Å². The summed E-state index contributed by atoms with van der Waals surface area (Å²) in [6, 6.07) is 12.4. The summed E-state index contributed by atoms with van der Waals surface area (Å²) in [5.41, 5.74) is 1.09. The van der Waals surface area contributed by atoms with Crippen LogP contribution < -0.4 is 9.46 Å². The van der Waals surface area contributed by atoms with Crippen LogP contribution in [0.2, 0.25) is 0 Å². The van der Waals surface area contributed by atoms with E-state index in [4.69, 9.17) is 9.02 Å². The highest BCUT2D eigenvalue weighted by Crippen LogP contribution is 2.27. The number of nitrogens with one attached hydrogen (secondary N) is 1. The Morgan fingerprint density at radius 1 is 1.28 bits per heavy atom. The molecular formula is C13H12N2O2S. The molecule has 0 saturated heterocycles. The summed E-state index contributed by atoms with van der Waals surface area (Å²) in [7, 11) is 1.68. The molecule has 1 heterocycles. The molecule has 0 spiro atoms. The Morgan fingerprint density at radius 3 is 2.72 bits per heavy atom. The van der Waals surface area contributed by atoms with Gasteiger partial charge < -0.3 is 4.74 Å². The van der Waals surface area contributed by atoms with Crippen molar-refractivity contribution in [1.82, 2.24) is 4.72 Å². The number of hydrogen-bond acceptors (Lipinski definition) is 5. The van der Waals surface area contributed by atoms with Crippen LogP contribution in [0.3, 0.4) is 0 Å². The van der Waals surface area contributed by atoms with E-state index in [0.29, 0.717) is 6.42 Å². The van der Waals surface area contributed by atoms with Crippen LogP contribution in [0, 0.1) is 0 Å². The highest BCUT2D eigenvalue weighted by atomic mass is 32.2. The molecule has 0 fully saturated rings. The molecule has 0 bridgehead atoms. The highest BCUT2D eigenvalue weighted by Gasteiger charge is 2.13. The third-order valence-corrected chi connectivity index (χ3v) is 3.32. The summed E-state index contributed by atoms with van der Waals surface area (Å²) in [6.07, 6.45) is 0.668. The maximum absolute atomic E-state index is 5.43. The zero-order chi connectivity index (χ0) is 12.4. The molecule has 0 aliphatic carbocycles. The fourth-order valence-corrected chi connectivity index (χ4v) is 2.36. The molecule has 0 radical (unpaired) electrons. The van der Waals surface area contributed by atoms with Crippen molar-refractivity contribution in [3.05, 3.63) is 42.0 Å². The Hall–Kier alpha value is -1.88. The number of fused-ring (bicyclic) bond motifs is 1. The first-order valence-electron chi connectivity index (χ1n) is 5.58. The molecule has 0 atom stereocenters. The van der Waals surface area contributed by atoms with E-state index >= 15 is 0 Å². The maximum Gasteiger partial charge on any atom is 0.208 e. The first-order chi connectivity index (χ1) is 8.86. The van der Waals surface area contributed by atoms with Crippen LogP contribution in [-0.4, -0.2) is 12.9 Å². The van der Waals surface area contributed by atoms with Crippen molar-refractivity contribution in [3.63, 3.8) is 0 Å². The topological polar surface area (TPSA) is 42.9 Å². The second-order valence-electron chi connectivity index (χ2n) is 3.99. The van der Waals surface area contributed by atoms with Gasteiger partial charge in [-0.25, -0.2) is 0 Å². The van der Waals surface area contributed by atoms with Crippen molar-refractivity contribution in [2.24, 2.45) is 5.16 Å². The lowest BCUT2D eigenvalue weighted by atomic mass is 10.0. The Bertz CT molecular complexity index is 613. The van der Waals surface area contributed by atoms with Gasteiger partial charge in [0.25, 0.3) is 0 Å². The molecule has 1 aliphatic heterocycles.